The monoisotopic (exact) mass is 159 g/mol. The highest BCUT2D eigenvalue weighted by atomic mass is 16.3. The topological polar surface area (TPSA) is 49.3 Å². The molecule has 0 radical (unpaired) electrons. The fourth-order valence-electron chi connectivity index (χ4n) is 0.942. The predicted octanol–water partition coefficient (Wildman–Crippen LogP) is 0.674. The molecule has 0 saturated heterocycles. The van der Waals surface area contributed by atoms with Gasteiger partial charge in [0, 0.05) is 13.5 Å². The van der Waals surface area contributed by atoms with Crippen molar-refractivity contribution in [1.82, 2.24) is 5.32 Å². The van der Waals surface area contributed by atoms with Crippen molar-refractivity contribution in [3.63, 3.8) is 0 Å². The zero-order valence-corrected chi connectivity index (χ0v) is 7.48. The van der Waals surface area contributed by atoms with Gasteiger partial charge in [0.1, 0.15) is 0 Å². The van der Waals surface area contributed by atoms with Crippen molar-refractivity contribution in [2.75, 3.05) is 6.54 Å². The summed E-state index contributed by atoms with van der Waals surface area (Å²) in [4.78, 5) is 10.5. The van der Waals surface area contributed by atoms with Gasteiger partial charge < -0.3 is 10.4 Å². The standard InChI is InChI=1S/C8H17NO2/c1-4-5-8(3,11)6-9-7(2)10/h11H,4-6H2,1-3H3,(H,9,10). The molecule has 1 atom stereocenters. The van der Waals surface area contributed by atoms with Gasteiger partial charge in [-0.15, -0.1) is 0 Å². The van der Waals surface area contributed by atoms with Gasteiger partial charge in [-0.25, -0.2) is 0 Å². The molecule has 11 heavy (non-hydrogen) atoms. The van der Waals surface area contributed by atoms with Gasteiger partial charge in [0.25, 0.3) is 0 Å². The molecule has 0 heterocycles. The summed E-state index contributed by atoms with van der Waals surface area (Å²) < 4.78 is 0. The van der Waals surface area contributed by atoms with E-state index in [1.807, 2.05) is 6.92 Å². The van der Waals surface area contributed by atoms with Crippen molar-refractivity contribution in [2.24, 2.45) is 0 Å². The number of amides is 1. The van der Waals surface area contributed by atoms with Gasteiger partial charge in [-0.2, -0.15) is 0 Å². The van der Waals surface area contributed by atoms with Crippen LogP contribution >= 0.6 is 0 Å². The normalized spacial score (nSPS) is 15.6. The minimum atomic E-state index is -0.750. The quantitative estimate of drug-likeness (QED) is 0.633. The van der Waals surface area contributed by atoms with E-state index in [-0.39, 0.29) is 5.91 Å². The Bertz CT molecular complexity index is 132. The van der Waals surface area contributed by atoms with Crippen molar-refractivity contribution < 1.29 is 9.90 Å². The summed E-state index contributed by atoms with van der Waals surface area (Å²) in [6, 6.07) is 0. The Hall–Kier alpha value is -0.570. The van der Waals surface area contributed by atoms with Crippen LogP contribution in [0.4, 0.5) is 0 Å². The Balaban J connectivity index is 3.63. The van der Waals surface area contributed by atoms with Gasteiger partial charge in [0.05, 0.1) is 5.60 Å². The first-order valence-electron chi connectivity index (χ1n) is 3.95. The van der Waals surface area contributed by atoms with E-state index in [0.29, 0.717) is 13.0 Å². The Morgan fingerprint density at radius 3 is 2.55 bits per heavy atom. The van der Waals surface area contributed by atoms with Crippen LogP contribution in [0.5, 0.6) is 0 Å². The molecule has 0 aliphatic heterocycles. The minimum absolute atomic E-state index is 0.0959. The maximum absolute atomic E-state index is 10.5. The molecule has 0 saturated carbocycles. The molecule has 0 aliphatic rings. The van der Waals surface area contributed by atoms with Crippen LogP contribution in [0.3, 0.4) is 0 Å². The lowest BCUT2D eigenvalue weighted by Gasteiger charge is -2.22. The number of aliphatic hydroxyl groups is 1. The highest BCUT2D eigenvalue weighted by Gasteiger charge is 2.18. The van der Waals surface area contributed by atoms with Gasteiger partial charge in [-0.05, 0) is 13.3 Å². The Morgan fingerprint density at radius 1 is 1.64 bits per heavy atom. The van der Waals surface area contributed by atoms with E-state index in [9.17, 15) is 9.90 Å². The maximum Gasteiger partial charge on any atom is 0.216 e. The highest BCUT2D eigenvalue weighted by molar-refractivity contribution is 5.72. The summed E-state index contributed by atoms with van der Waals surface area (Å²) >= 11 is 0. The van der Waals surface area contributed by atoms with E-state index in [2.05, 4.69) is 5.32 Å². The molecular formula is C8H17NO2. The van der Waals surface area contributed by atoms with Crippen LogP contribution in [0.2, 0.25) is 0 Å². The Labute approximate surface area is 67.8 Å². The second-order valence-electron chi connectivity index (χ2n) is 3.16. The van der Waals surface area contributed by atoms with Crippen molar-refractivity contribution in [1.29, 1.82) is 0 Å². The fraction of sp³-hybridized carbons (Fsp3) is 0.875. The number of rotatable bonds is 4. The number of carbonyl (C=O) groups excluding carboxylic acids is 1. The molecule has 1 unspecified atom stereocenters. The van der Waals surface area contributed by atoms with Gasteiger partial charge in [0.2, 0.25) is 5.91 Å². The van der Waals surface area contributed by atoms with E-state index in [1.165, 1.54) is 6.92 Å². The molecule has 66 valence electrons. The SMILES string of the molecule is CCCC(C)(O)CNC(C)=O. The molecule has 0 spiro atoms. The van der Waals surface area contributed by atoms with Crippen LogP contribution in [-0.4, -0.2) is 23.2 Å². The lowest BCUT2D eigenvalue weighted by molar-refractivity contribution is -0.120. The maximum atomic E-state index is 10.5. The van der Waals surface area contributed by atoms with E-state index >= 15 is 0 Å². The summed E-state index contributed by atoms with van der Waals surface area (Å²) in [6.07, 6.45) is 1.64. The first-order valence-corrected chi connectivity index (χ1v) is 3.95. The lowest BCUT2D eigenvalue weighted by atomic mass is 10.0. The number of hydrogen-bond donors (Lipinski definition) is 2. The molecular weight excluding hydrogens is 142 g/mol. The van der Waals surface area contributed by atoms with E-state index < -0.39 is 5.60 Å². The van der Waals surface area contributed by atoms with E-state index in [1.54, 1.807) is 6.92 Å². The van der Waals surface area contributed by atoms with Crippen LogP contribution in [0.25, 0.3) is 0 Å². The van der Waals surface area contributed by atoms with E-state index in [0.717, 1.165) is 6.42 Å². The first kappa shape index (κ1) is 10.4. The third-order valence-electron chi connectivity index (χ3n) is 1.51. The molecule has 0 aliphatic carbocycles. The molecule has 0 fully saturated rings. The van der Waals surface area contributed by atoms with Crippen molar-refractivity contribution in [3.05, 3.63) is 0 Å². The van der Waals surface area contributed by atoms with Gasteiger partial charge in [-0.1, -0.05) is 13.3 Å². The van der Waals surface area contributed by atoms with Gasteiger partial charge in [0.15, 0.2) is 0 Å². The summed E-state index contributed by atoms with van der Waals surface area (Å²) in [6.45, 7) is 5.52. The molecule has 0 rings (SSSR count). The summed E-state index contributed by atoms with van der Waals surface area (Å²) in [5, 5.41) is 12.1. The zero-order valence-electron chi connectivity index (χ0n) is 7.48. The number of carbonyl (C=O) groups is 1. The number of hydrogen-bond acceptors (Lipinski definition) is 2. The molecule has 0 aromatic carbocycles. The third-order valence-corrected chi connectivity index (χ3v) is 1.51. The van der Waals surface area contributed by atoms with Crippen LogP contribution < -0.4 is 5.32 Å². The van der Waals surface area contributed by atoms with E-state index in [4.69, 9.17) is 0 Å². The fourth-order valence-corrected chi connectivity index (χ4v) is 0.942. The number of nitrogens with one attached hydrogen (secondary N) is 1. The summed E-state index contributed by atoms with van der Waals surface area (Å²) in [7, 11) is 0. The zero-order chi connectivity index (χ0) is 8.91. The van der Waals surface area contributed by atoms with Crippen LogP contribution in [0, 0.1) is 0 Å². The molecule has 3 nitrogen and oxygen atoms in total. The van der Waals surface area contributed by atoms with Crippen molar-refractivity contribution in [2.45, 2.75) is 39.2 Å². The van der Waals surface area contributed by atoms with Gasteiger partial charge in [-0.3, -0.25) is 4.79 Å². The Kier molecular flexibility index (Phi) is 4.11. The highest BCUT2D eigenvalue weighted by Crippen LogP contribution is 2.09. The second kappa shape index (κ2) is 4.34. The average Bonchev–Trinajstić information content (AvgIpc) is 1.84. The summed E-state index contributed by atoms with van der Waals surface area (Å²) in [5.74, 6) is -0.0959. The summed E-state index contributed by atoms with van der Waals surface area (Å²) in [5.41, 5.74) is -0.750. The molecule has 0 aromatic heterocycles. The first-order chi connectivity index (χ1) is 4.98. The Morgan fingerprint density at radius 2 is 2.18 bits per heavy atom. The molecule has 1 amide bonds. The average molecular weight is 159 g/mol. The van der Waals surface area contributed by atoms with Crippen molar-refractivity contribution >= 4 is 5.91 Å². The van der Waals surface area contributed by atoms with Crippen molar-refractivity contribution in [3.8, 4) is 0 Å². The van der Waals surface area contributed by atoms with Crippen LogP contribution in [-0.2, 0) is 4.79 Å². The largest absolute Gasteiger partial charge is 0.388 e. The predicted molar refractivity (Wildman–Crippen MR) is 44.2 cm³/mol. The lowest BCUT2D eigenvalue weighted by Crippen LogP contribution is -2.39. The van der Waals surface area contributed by atoms with Gasteiger partial charge >= 0.3 is 0 Å². The smallest absolute Gasteiger partial charge is 0.216 e. The molecule has 0 aromatic rings. The molecule has 2 N–H and O–H groups in total. The molecule has 0 bridgehead atoms. The van der Waals surface area contributed by atoms with Crippen LogP contribution in [0.1, 0.15) is 33.6 Å². The molecule has 3 heteroatoms. The third kappa shape index (κ3) is 5.85. The minimum Gasteiger partial charge on any atom is -0.388 e. The second-order valence-corrected chi connectivity index (χ2v) is 3.16. The van der Waals surface area contributed by atoms with Crippen LogP contribution in [0.15, 0.2) is 0 Å².